The fraction of sp³-hybridized carbons (Fsp3) is 0.949. The lowest BCUT2D eigenvalue weighted by molar-refractivity contribution is -0.161. The highest BCUT2D eigenvalue weighted by molar-refractivity contribution is 7.47. The lowest BCUT2D eigenvalue weighted by atomic mass is 9.99. The van der Waals surface area contributed by atoms with E-state index in [1.807, 2.05) is 0 Å². The van der Waals surface area contributed by atoms with Crippen molar-refractivity contribution >= 4 is 39.5 Å². The van der Waals surface area contributed by atoms with Crippen LogP contribution in [0, 0.1) is 23.7 Å². The van der Waals surface area contributed by atoms with Crippen LogP contribution in [0.25, 0.3) is 0 Å². The van der Waals surface area contributed by atoms with Crippen LogP contribution in [0.2, 0.25) is 0 Å². The van der Waals surface area contributed by atoms with E-state index < -0.39 is 97.5 Å². The Morgan fingerprint density at radius 2 is 0.490 bits per heavy atom. The summed E-state index contributed by atoms with van der Waals surface area (Å²) in [5.41, 5.74) is 0. The number of phosphoric acid groups is 2. The number of aliphatic hydroxyl groups excluding tert-OH is 1. The molecule has 98 heavy (non-hydrogen) atoms. The number of carbonyl (C=O) groups excluding carboxylic acids is 4. The highest BCUT2D eigenvalue weighted by Crippen LogP contribution is 2.45. The molecule has 0 saturated heterocycles. The van der Waals surface area contributed by atoms with Gasteiger partial charge < -0.3 is 33.8 Å². The summed E-state index contributed by atoms with van der Waals surface area (Å²) in [7, 11) is -9.92. The minimum Gasteiger partial charge on any atom is -0.462 e. The number of ether oxygens (including phenoxy) is 4. The highest BCUT2D eigenvalue weighted by atomic mass is 31.2. The molecule has 0 aromatic heterocycles. The summed E-state index contributed by atoms with van der Waals surface area (Å²) in [5.74, 6) is 0.993. The smallest absolute Gasteiger partial charge is 0.462 e. The topological polar surface area (TPSA) is 237 Å². The van der Waals surface area contributed by atoms with E-state index in [1.54, 1.807) is 0 Å². The molecule has 6 atom stereocenters. The van der Waals surface area contributed by atoms with E-state index in [0.717, 1.165) is 114 Å². The molecule has 0 aromatic rings. The Labute approximate surface area is 600 Å². The van der Waals surface area contributed by atoms with Crippen LogP contribution in [-0.4, -0.2) is 96.7 Å². The Balaban J connectivity index is 5.26. The average Bonchev–Trinajstić information content (AvgIpc) is 0.989. The van der Waals surface area contributed by atoms with Crippen molar-refractivity contribution in [3.8, 4) is 0 Å². The zero-order chi connectivity index (χ0) is 72.4. The van der Waals surface area contributed by atoms with Gasteiger partial charge in [0.25, 0.3) is 0 Å². The van der Waals surface area contributed by atoms with Crippen molar-refractivity contribution in [1.82, 2.24) is 0 Å². The first-order chi connectivity index (χ1) is 47.1. The van der Waals surface area contributed by atoms with Gasteiger partial charge in [0.15, 0.2) is 12.2 Å². The third-order valence-corrected chi connectivity index (χ3v) is 20.6. The van der Waals surface area contributed by atoms with Gasteiger partial charge in [-0.15, -0.1) is 0 Å². The van der Waals surface area contributed by atoms with Gasteiger partial charge in [0.05, 0.1) is 26.4 Å². The van der Waals surface area contributed by atoms with Crippen LogP contribution in [0.3, 0.4) is 0 Å². The van der Waals surface area contributed by atoms with Crippen molar-refractivity contribution in [3.63, 3.8) is 0 Å². The summed E-state index contributed by atoms with van der Waals surface area (Å²) >= 11 is 0. The summed E-state index contributed by atoms with van der Waals surface area (Å²) in [5, 5.41) is 10.6. The molecule has 0 rings (SSSR count). The van der Waals surface area contributed by atoms with Crippen molar-refractivity contribution in [1.29, 1.82) is 0 Å². The second-order valence-corrected chi connectivity index (χ2v) is 33.0. The van der Waals surface area contributed by atoms with Crippen molar-refractivity contribution in [2.24, 2.45) is 23.7 Å². The Hall–Kier alpha value is -1.94. The second kappa shape index (κ2) is 68.2. The van der Waals surface area contributed by atoms with E-state index in [4.69, 9.17) is 37.0 Å². The zero-order valence-corrected chi connectivity index (χ0v) is 66.2. The van der Waals surface area contributed by atoms with Gasteiger partial charge in [-0.1, -0.05) is 351 Å². The van der Waals surface area contributed by atoms with E-state index in [9.17, 15) is 43.2 Å². The maximum absolute atomic E-state index is 13.1. The van der Waals surface area contributed by atoms with Crippen molar-refractivity contribution in [2.45, 2.75) is 420 Å². The molecule has 0 radical (unpaired) electrons. The summed E-state index contributed by atoms with van der Waals surface area (Å²) in [4.78, 5) is 73.0. The Morgan fingerprint density at radius 3 is 0.724 bits per heavy atom. The number of unbranched alkanes of at least 4 members (excludes halogenated alkanes) is 41. The number of hydrogen-bond donors (Lipinski definition) is 3. The van der Waals surface area contributed by atoms with Crippen LogP contribution in [0.15, 0.2) is 0 Å². The normalized spacial score (nSPS) is 14.3. The quantitative estimate of drug-likeness (QED) is 0.0222. The summed E-state index contributed by atoms with van der Waals surface area (Å²) in [6.07, 6.45) is 54.0. The monoisotopic (exact) mass is 1440 g/mol. The van der Waals surface area contributed by atoms with Crippen LogP contribution >= 0.6 is 15.6 Å². The second-order valence-electron chi connectivity index (χ2n) is 30.1. The molecule has 3 N–H and O–H groups in total. The van der Waals surface area contributed by atoms with Gasteiger partial charge in [-0.3, -0.25) is 37.3 Å². The van der Waals surface area contributed by atoms with Crippen molar-refractivity contribution < 1.29 is 80.2 Å². The van der Waals surface area contributed by atoms with E-state index >= 15 is 0 Å². The number of esters is 4. The zero-order valence-electron chi connectivity index (χ0n) is 64.4. The number of aliphatic hydroxyl groups is 1. The average molecular weight is 1440 g/mol. The lowest BCUT2D eigenvalue weighted by Crippen LogP contribution is -2.30. The molecule has 0 saturated carbocycles. The third kappa shape index (κ3) is 71.1. The summed E-state index contributed by atoms with van der Waals surface area (Å²) in [6.45, 7) is 14.3. The van der Waals surface area contributed by atoms with Gasteiger partial charge >= 0.3 is 39.5 Å². The Kier molecular flexibility index (Phi) is 66.8. The Morgan fingerprint density at radius 1 is 0.286 bits per heavy atom. The predicted molar refractivity (Wildman–Crippen MR) is 400 cm³/mol. The Bertz CT molecular complexity index is 1920. The molecule has 0 aliphatic carbocycles. The first kappa shape index (κ1) is 96.1. The largest absolute Gasteiger partial charge is 0.472 e. The highest BCUT2D eigenvalue weighted by Gasteiger charge is 2.30. The fourth-order valence-corrected chi connectivity index (χ4v) is 13.6. The molecule has 0 heterocycles. The molecule has 0 fully saturated rings. The van der Waals surface area contributed by atoms with Gasteiger partial charge in [-0.25, -0.2) is 9.13 Å². The molecular formula is C79H154O17P2. The number of rotatable bonds is 76. The van der Waals surface area contributed by atoms with Crippen LogP contribution in [0.5, 0.6) is 0 Å². The molecule has 0 bridgehead atoms. The minimum absolute atomic E-state index is 0.105. The number of phosphoric ester groups is 2. The SMILES string of the molecule is CCC(C)CCCCCCCCCCC(=O)OC[C@H](COP(=O)(O)OC[C@H](O)COP(=O)(O)OC[C@@H](COC(=O)CCCCCCCCCCCCCC(C)C)OC(=O)CCCCCCCCCCCCCCCCCCC(C)C)OC(=O)CCCCCCCCCCCCC(C)C. The molecule has 0 spiro atoms. The van der Waals surface area contributed by atoms with Crippen LogP contribution in [-0.2, 0) is 65.4 Å². The maximum atomic E-state index is 13.1. The molecule has 0 aliphatic rings. The van der Waals surface area contributed by atoms with Gasteiger partial charge in [-0.2, -0.15) is 0 Å². The first-order valence-corrected chi connectivity index (χ1v) is 43.7. The summed E-state index contributed by atoms with van der Waals surface area (Å²) in [6, 6.07) is 0. The number of hydrogen-bond acceptors (Lipinski definition) is 15. The molecule has 0 amide bonds. The van der Waals surface area contributed by atoms with Crippen molar-refractivity contribution in [3.05, 3.63) is 0 Å². The van der Waals surface area contributed by atoms with Crippen LogP contribution in [0.1, 0.15) is 402 Å². The van der Waals surface area contributed by atoms with Gasteiger partial charge in [0.1, 0.15) is 19.3 Å². The molecule has 0 aliphatic heterocycles. The van der Waals surface area contributed by atoms with E-state index in [1.165, 1.54) is 205 Å². The van der Waals surface area contributed by atoms with Gasteiger partial charge in [-0.05, 0) is 49.4 Å². The van der Waals surface area contributed by atoms with Gasteiger partial charge in [0, 0.05) is 25.7 Å². The predicted octanol–water partition coefficient (Wildman–Crippen LogP) is 23.2. The van der Waals surface area contributed by atoms with Gasteiger partial charge in [0.2, 0.25) is 0 Å². The third-order valence-electron chi connectivity index (χ3n) is 18.7. The molecule has 582 valence electrons. The van der Waals surface area contributed by atoms with Crippen LogP contribution in [0.4, 0.5) is 0 Å². The molecular weight excluding hydrogens is 1280 g/mol. The number of carbonyl (C=O) groups is 4. The van der Waals surface area contributed by atoms with E-state index in [-0.39, 0.29) is 25.7 Å². The standard InChI is InChI=1S/C79H154O17P2/c1-9-72(8)58-50-42-34-29-30-36-44-52-60-77(82)90-66-75(96-79(84)62-54-46-38-28-22-21-25-33-41-49-57-71(6)7)68-94-98(87,88)92-64-73(80)63-91-97(85,86)93-67-74(65-89-76(81)59-51-43-35-26-20-16-18-24-32-40-48-56-70(4)5)95-78(83)61-53-45-37-27-19-15-13-11-10-12-14-17-23-31-39-47-55-69(2)3/h69-75,80H,9-68H2,1-8H3,(H,85,86)(H,87,88)/t72?,73-,74-,75-/m1/s1. The summed E-state index contributed by atoms with van der Waals surface area (Å²) < 4.78 is 68.7. The van der Waals surface area contributed by atoms with E-state index in [2.05, 4.69) is 55.4 Å². The first-order valence-electron chi connectivity index (χ1n) is 40.7. The molecule has 17 nitrogen and oxygen atoms in total. The minimum atomic E-state index is -4.96. The maximum Gasteiger partial charge on any atom is 0.472 e. The molecule has 0 aromatic carbocycles. The van der Waals surface area contributed by atoms with Crippen molar-refractivity contribution in [2.75, 3.05) is 39.6 Å². The van der Waals surface area contributed by atoms with E-state index in [0.29, 0.717) is 25.7 Å². The van der Waals surface area contributed by atoms with Crippen LogP contribution < -0.4 is 0 Å². The molecule has 3 unspecified atom stereocenters. The lowest BCUT2D eigenvalue weighted by Gasteiger charge is -2.21. The fourth-order valence-electron chi connectivity index (χ4n) is 12.0. The molecule has 19 heteroatoms.